The standard InChI is InChI=1S/C33H43NO5Si/c1-26(39-31-22-14-15-23-36-31)30(34-32(35)37-24-27-16-8-5-9-17-27)25-38-40(33(2,3)4,28-18-10-6-11-19-28)29-20-12-7-13-21-29/h5-13,16-21,26,30-31H,14-15,22-25H2,1-4H3,(H,34,35)/t26-,30-,31?/m1/s1. The molecule has 214 valence electrons. The van der Waals surface area contributed by atoms with Gasteiger partial charge in [-0.05, 0) is 47.2 Å². The van der Waals surface area contributed by atoms with Crippen molar-refractivity contribution in [3.8, 4) is 0 Å². The molecule has 0 aromatic heterocycles. The van der Waals surface area contributed by atoms with Gasteiger partial charge in [-0.1, -0.05) is 112 Å². The van der Waals surface area contributed by atoms with Crippen LogP contribution in [0.4, 0.5) is 4.79 Å². The summed E-state index contributed by atoms with van der Waals surface area (Å²) in [5.41, 5.74) is 0.928. The summed E-state index contributed by atoms with van der Waals surface area (Å²) in [4.78, 5) is 13.0. The van der Waals surface area contributed by atoms with Crippen LogP contribution in [-0.2, 0) is 25.2 Å². The molecule has 1 saturated heterocycles. The molecular formula is C33H43NO5Si. The Morgan fingerprint density at radius 2 is 1.50 bits per heavy atom. The lowest BCUT2D eigenvalue weighted by Gasteiger charge is -2.44. The predicted octanol–water partition coefficient (Wildman–Crippen LogP) is 5.79. The third-order valence-electron chi connectivity index (χ3n) is 7.48. The molecule has 1 aliphatic rings. The first-order chi connectivity index (χ1) is 19.3. The molecule has 0 bridgehead atoms. The number of hydrogen-bond acceptors (Lipinski definition) is 5. The zero-order valence-corrected chi connectivity index (χ0v) is 25.2. The Labute approximate surface area is 240 Å². The number of carbonyl (C=O) groups is 1. The van der Waals surface area contributed by atoms with Crippen LogP contribution in [0.2, 0.25) is 5.04 Å². The Bertz CT molecular complexity index is 1120. The lowest BCUT2D eigenvalue weighted by molar-refractivity contribution is -0.190. The summed E-state index contributed by atoms with van der Waals surface area (Å²) >= 11 is 0. The zero-order valence-electron chi connectivity index (χ0n) is 24.2. The topological polar surface area (TPSA) is 66.0 Å². The van der Waals surface area contributed by atoms with Gasteiger partial charge in [-0.15, -0.1) is 0 Å². The van der Waals surface area contributed by atoms with Crippen LogP contribution in [0.5, 0.6) is 0 Å². The largest absolute Gasteiger partial charge is 0.445 e. The molecule has 7 heteroatoms. The molecule has 6 nitrogen and oxygen atoms in total. The second kappa shape index (κ2) is 14.1. The lowest BCUT2D eigenvalue weighted by Crippen LogP contribution is -2.67. The number of carbonyl (C=O) groups excluding carboxylic acids is 1. The number of amides is 1. The highest BCUT2D eigenvalue weighted by Crippen LogP contribution is 2.37. The summed E-state index contributed by atoms with van der Waals surface area (Å²) < 4.78 is 24.9. The summed E-state index contributed by atoms with van der Waals surface area (Å²) in [7, 11) is -2.81. The smallest absolute Gasteiger partial charge is 0.407 e. The molecular weight excluding hydrogens is 518 g/mol. The lowest BCUT2D eigenvalue weighted by atomic mass is 10.1. The number of benzene rings is 3. The van der Waals surface area contributed by atoms with Gasteiger partial charge in [0.2, 0.25) is 0 Å². The van der Waals surface area contributed by atoms with Crippen LogP contribution < -0.4 is 15.7 Å². The molecule has 0 aliphatic carbocycles. The highest BCUT2D eigenvalue weighted by atomic mass is 28.4. The van der Waals surface area contributed by atoms with E-state index < -0.39 is 20.5 Å². The van der Waals surface area contributed by atoms with Gasteiger partial charge in [0.1, 0.15) is 6.61 Å². The van der Waals surface area contributed by atoms with Gasteiger partial charge in [-0.3, -0.25) is 0 Å². The third kappa shape index (κ3) is 7.60. The van der Waals surface area contributed by atoms with Crippen molar-refractivity contribution in [3.63, 3.8) is 0 Å². The molecule has 1 amide bonds. The predicted molar refractivity (Wildman–Crippen MR) is 161 cm³/mol. The van der Waals surface area contributed by atoms with Gasteiger partial charge < -0.3 is 24.0 Å². The van der Waals surface area contributed by atoms with E-state index in [1.165, 1.54) is 10.4 Å². The number of nitrogens with one attached hydrogen (secondary N) is 1. The molecule has 3 aromatic carbocycles. The van der Waals surface area contributed by atoms with Gasteiger partial charge >= 0.3 is 6.09 Å². The van der Waals surface area contributed by atoms with E-state index in [1.54, 1.807) is 0 Å². The van der Waals surface area contributed by atoms with Crippen LogP contribution in [0.1, 0.15) is 52.5 Å². The third-order valence-corrected chi connectivity index (χ3v) is 12.5. The number of rotatable bonds is 11. The maximum absolute atomic E-state index is 13.0. The maximum Gasteiger partial charge on any atom is 0.407 e. The molecule has 4 rings (SSSR count). The van der Waals surface area contributed by atoms with Gasteiger partial charge in [0.25, 0.3) is 8.32 Å². The van der Waals surface area contributed by atoms with Crippen LogP contribution in [0.3, 0.4) is 0 Å². The molecule has 0 radical (unpaired) electrons. The molecule has 1 N–H and O–H groups in total. The summed E-state index contributed by atoms with van der Waals surface area (Å²) in [5.74, 6) is 0. The fourth-order valence-electron chi connectivity index (χ4n) is 5.34. The molecule has 3 aromatic rings. The Hall–Kier alpha value is -2.97. The van der Waals surface area contributed by atoms with E-state index in [-0.39, 0.29) is 30.6 Å². The van der Waals surface area contributed by atoms with E-state index in [0.717, 1.165) is 24.8 Å². The highest BCUT2D eigenvalue weighted by Gasteiger charge is 2.50. The van der Waals surface area contributed by atoms with E-state index in [2.05, 4.69) is 74.6 Å². The zero-order chi connectivity index (χ0) is 28.4. The second-order valence-electron chi connectivity index (χ2n) is 11.4. The Morgan fingerprint density at radius 1 is 0.925 bits per heavy atom. The van der Waals surface area contributed by atoms with E-state index in [1.807, 2.05) is 49.4 Å². The van der Waals surface area contributed by atoms with E-state index in [0.29, 0.717) is 6.61 Å². The fraction of sp³-hybridized carbons (Fsp3) is 0.424. The summed E-state index contributed by atoms with van der Waals surface area (Å²) in [6, 6.07) is 30.2. The molecule has 0 saturated carbocycles. The number of ether oxygens (including phenoxy) is 3. The van der Waals surface area contributed by atoms with E-state index in [4.69, 9.17) is 18.6 Å². The van der Waals surface area contributed by atoms with Crippen molar-refractivity contribution in [1.82, 2.24) is 5.32 Å². The summed E-state index contributed by atoms with van der Waals surface area (Å²) in [5, 5.41) is 5.24. The van der Waals surface area contributed by atoms with Crippen molar-refractivity contribution in [2.24, 2.45) is 0 Å². The minimum absolute atomic E-state index is 0.190. The van der Waals surface area contributed by atoms with Gasteiger partial charge in [-0.2, -0.15) is 0 Å². The van der Waals surface area contributed by atoms with Crippen LogP contribution in [0, 0.1) is 0 Å². The van der Waals surface area contributed by atoms with E-state index in [9.17, 15) is 4.79 Å². The van der Waals surface area contributed by atoms with Crippen LogP contribution in [0.15, 0.2) is 91.0 Å². The quantitative estimate of drug-likeness (QED) is 0.300. The highest BCUT2D eigenvalue weighted by molar-refractivity contribution is 6.99. The Balaban J connectivity index is 1.59. The van der Waals surface area contributed by atoms with Crippen molar-refractivity contribution in [3.05, 3.63) is 96.6 Å². The fourth-order valence-corrected chi connectivity index (χ4v) is 9.92. The normalized spacial score (nSPS) is 17.6. The molecule has 40 heavy (non-hydrogen) atoms. The van der Waals surface area contributed by atoms with Gasteiger partial charge in [0.15, 0.2) is 6.29 Å². The monoisotopic (exact) mass is 561 g/mol. The van der Waals surface area contributed by atoms with Crippen molar-refractivity contribution < 1.29 is 23.4 Å². The van der Waals surface area contributed by atoms with Crippen LogP contribution >= 0.6 is 0 Å². The van der Waals surface area contributed by atoms with Crippen LogP contribution in [-0.4, -0.2) is 46.1 Å². The van der Waals surface area contributed by atoms with E-state index >= 15 is 0 Å². The Morgan fingerprint density at radius 3 is 2.02 bits per heavy atom. The molecule has 1 fully saturated rings. The van der Waals surface area contributed by atoms with Gasteiger partial charge in [-0.25, -0.2) is 4.79 Å². The van der Waals surface area contributed by atoms with Gasteiger partial charge in [0, 0.05) is 6.61 Å². The first-order valence-electron chi connectivity index (χ1n) is 14.3. The second-order valence-corrected chi connectivity index (χ2v) is 15.7. The first-order valence-corrected chi connectivity index (χ1v) is 16.2. The minimum atomic E-state index is -2.81. The molecule has 1 aliphatic heterocycles. The molecule has 0 spiro atoms. The van der Waals surface area contributed by atoms with Crippen molar-refractivity contribution in [1.29, 1.82) is 0 Å². The Kier molecular flexibility index (Phi) is 10.6. The number of alkyl carbamates (subject to hydrolysis) is 1. The first kappa shape index (κ1) is 30.0. The van der Waals surface area contributed by atoms with Crippen LogP contribution in [0.25, 0.3) is 0 Å². The molecule has 1 unspecified atom stereocenters. The maximum atomic E-state index is 13.0. The van der Waals surface area contributed by atoms with Gasteiger partial charge in [0.05, 0.1) is 18.8 Å². The average molecular weight is 562 g/mol. The SMILES string of the molecule is C[C@@H](OC1CCCCO1)[C@@H](CO[Si](c1ccccc1)(c1ccccc1)C(C)(C)C)NC(=O)OCc1ccccc1. The molecule has 1 heterocycles. The van der Waals surface area contributed by atoms with Crippen molar-refractivity contribution >= 4 is 24.8 Å². The summed E-state index contributed by atoms with van der Waals surface area (Å²) in [6.45, 7) is 9.84. The van der Waals surface area contributed by atoms with Crippen molar-refractivity contribution in [2.45, 2.75) is 77.0 Å². The number of hydrogen-bond donors (Lipinski definition) is 1. The minimum Gasteiger partial charge on any atom is -0.445 e. The average Bonchev–Trinajstić information content (AvgIpc) is 2.97. The molecule has 3 atom stereocenters. The van der Waals surface area contributed by atoms with Crippen molar-refractivity contribution in [2.75, 3.05) is 13.2 Å². The summed E-state index contributed by atoms with van der Waals surface area (Å²) in [6.07, 6.45) is 1.79.